The van der Waals surface area contributed by atoms with Crippen molar-refractivity contribution in [3.8, 4) is 0 Å². The fourth-order valence-corrected chi connectivity index (χ4v) is 4.75. The number of carbonyl (C=O) groups excluding carboxylic acids is 1. The molecule has 1 aromatic rings. The SMILES string of the molecule is CCc1csc(S(N)(=O)=C(CC(C)C)C(N)=O)c1. The molecule has 6 heteroatoms. The Morgan fingerprint density at radius 2 is 2.11 bits per heavy atom. The second kappa shape index (κ2) is 5.86. The van der Waals surface area contributed by atoms with Gasteiger partial charge >= 0.3 is 0 Å². The van der Waals surface area contributed by atoms with Gasteiger partial charge in [0.1, 0.15) is 0 Å². The van der Waals surface area contributed by atoms with Crippen molar-refractivity contribution in [2.75, 3.05) is 0 Å². The molecular formula is C12H20N2O2S2. The maximum atomic E-state index is 12.6. The number of amides is 1. The van der Waals surface area contributed by atoms with Crippen LogP contribution in [-0.4, -0.2) is 15.0 Å². The van der Waals surface area contributed by atoms with Crippen LogP contribution in [-0.2, 0) is 20.9 Å². The van der Waals surface area contributed by atoms with Crippen molar-refractivity contribution in [1.82, 2.24) is 0 Å². The summed E-state index contributed by atoms with van der Waals surface area (Å²) in [5, 5.41) is 7.81. The molecule has 0 aromatic carbocycles. The van der Waals surface area contributed by atoms with Crippen LogP contribution in [0.3, 0.4) is 0 Å². The molecule has 0 saturated carbocycles. The van der Waals surface area contributed by atoms with Gasteiger partial charge in [0.2, 0.25) is 0 Å². The molecule has 4 nitrogen and oxygen atoms in total. The van der Waals surface area contributed by atoms with Crippen molar-refractivity contribution in [3.63, 3.8) is 0 Å². The average molecular weight is 288 g/mol. The van der Waals surface area contributed by atoms with E-state index in [1.165, 1.54) is 11.3 Å². The smallest absolute Gasteiger partial charge is 0.254 e. The lowest BCUT2D eigenvalue weighted by Gasteiger charge is -2.11. The van der Waals surface area contributed by atoms with Crippen molar-refractivity contribution in [3.05, 3.63) is 17.0 Å². The molecule has 102 valence electrons. The number of rotatable bonds is 5. The highest BCUT2D eigenvalue weighted by Gasteiger charge is 2.20. The summed E-state index contributed by atoms with van der Waals surface area (Å²) < 4.78 is 13.2. The third kappa shape index (κ3) is 3.34. The van der Waals surface area contributed by atoms with E-state index in [4.69, 9.17) is 10.9 Å². The molecule has 0 aliphatic heterocycles. The number of nitrogens with two attached hydrogens (primary N) is 2. The van der Waals surface area contributed by atoms with E-state index in [1.807, 2.05) is 26.2 Å². The van der Waals surface area contributed by atoms with Gasteiger partial charge in [-0.05, 0) is 35.8 Å². The van der Waals surface area contributed by atoms with Crippen molar-refractivity contribution in [2.45, 2.75) is 37.8 Å². The van der Waals surface area contributed by atoms with Gasteiger partial charge in [-0.25, -0.2) is 4.21 Å². The van der Waals surface area contributed by atoms with Gasteiger partial charge in [-0.3, -0.25) is 9.93 Å². The van der Waals surface area contributed by atoms with Crippen LogP contribution in [0.4, 0.5) is 0 Å². The minimum absolute atomic E-state index is 0.141. The number of carbonyl (C=O) groups is 1. The number of thiophene rings is 1. The van der Waals surface area contributed by atoms with Crippen LogP contribution in [0.1, 0.15) is 32.8 Å². The molecule has 0 bridgehead atoms. The van der Waals surface area contributed by atoms with Gasteiger partial charge in [-0.2, -0.15) is 0 Å². The highest BCUT2D eigenvalue weighted by atomic mass is 32.2. The summed E-state index contributed by atoms with van der Waals surface area (Å²) in [7, 11) is -2.97. The largest absolute Gasteiger partial charge is 0.365 e. The summed E-state index contributed by atoms with van der Waals surface area (Å²) in [5.41, 5.74) is 6.39. The number of primary amides is 1. The van der Waals surface area contributed by atoms with Crippen LogP contribution >= 0.6 is 11.3 Å². The van der Waals surface area contributed by atoms with Crippen molar-refractivity contribution in [2.24, 2.45) is 16.8 Å². The molecule has 1 rings (SSSR count). The van der Waals surface area contributed by atoms with E-state index in [0.717, 1.165) is 12.0 Å². The average Bonchev–Trinajstić information content (AvgIpc) is 2.74. The zero-order valence-electron chi connectivity index (χ0n) is 10.9. The van der Waals surface area contributed by atoms with Crippen LogP contribution in [0.15, 0.2) is 15.7 Å². The van der Waals surface area contributed by atoms with E-state index >= 15 is 0 Å². The molecule has 0 aliphatic carbocycles. The fraction of sp³-hybridized carbons (Fsp3) is 0.500. The second-order valence-corrected chi connectivity index (χ2v) is 7.92. The lowest BCUT2D eigenvalue weighted by molar-refractivity contribution is -0.111. The quantitative estimate of drug-likeness (QED) is 0.805. The molecule has 1 unspecified atom stereocenters. The van der Waals surface area contributed by atoms with Gasteiger partial charge in [-0.1, -0.05) is 20.8 Å². The first-order chi connectivity index (χ1) is 8.28. The normalized spacial score (nSPS) is 14.5. The van der Waals surface area contributed by atoms with Gasteiger partial charge in [0, 0.05) is 0 Å². The molecule has 1 heterocycles. The van der Waals surface area contributed by atoms with Gasteiger partial charge < -0.3 is 5.73 Å². The van der Waals surface area contributed by atoms with Crippen molar-refractivity contribution < 1.29 is 9.00 Å². The maximum Gasteiger partial charge on any atom is 0.254 e. The Kier molecular flexibility index (Phi) is 4.95. The Bertz CT molecular complexity index is 552. The molecule has 4 N–H and O–H groups in total. The molecule has 18 heavy (non-hydrogen) atoms. The van der Waals surface area contributed by atoms with Gasteiger partial charge in [0.25, 0.3) is 5.91 Å². The Hall–Kier alpha value is -0.850. The van der Waals surface area contributed by atoms with Crippen LogP contribution in [0.5, 0.6) is 0 Å². The predicted molar refractivity (Wildman–Crippen MR) is 77.9 cm³/mol. The third-order valence-electron chi connectivity index (χ3n) is 2.57. The van der Waals surface area contributed by atoms with Crippen LogP contribution in [0, 0.1) is 5.92 Å². The molecule has 1 amide bonds. The van der Waals surface area contributed by atoms with Crippen LogP contribution in [0.2, 0.25) is 0 Å². The minimum atomic E-state index is -2.97. The topological polar surface area (TPSA) is 86.2 Å². The summed E-state index contributed by atoms with van der Waals surface area (Å²) in [6.07, 6.45) is 1.21. The zero-order valence-corrected chi connectivity index (χ0v) is 12.6. The summed E-state index contributed by atoms with van der Waals surface area (Å²) >= 11 is 1.32. The van der Waals surface area contributed by atoms with E-state index in [9.17, 15) is 9.00 Å². The number of hydrogen-bond donors (Lipinski definition) is 2. The van der Waals surface area contributed by atoms with Gasteiger partial charge in [-0.15, -0.1) is 11.3 Å². The zero-order chi connectivity index (χ0) is 13.9. The van der Waals surface area contributed by atoms with E-state index < -0.39 is 15.6 Å². The first-order valence-electron chi connectivity index (χ1n) is 5.84. The van der Waals surface area contributed by atoms with Gasteiger partial charge in [0.15, 0.2) is 0 Å². The van der Waals surface area contributed by atoms with Crippen molar-refractivity contribution in [1.29, 1.82) is 0 Å². The summed E-state index contributed by atoms with van der Waals surface area (Å²) in [6.45, 7) is 5.88. The van der Waals surface area contributed by atoms with E-state index in [1.54, 1.807) is 6.07 Å². The molecule has 1 atom stereocenters. The third-order valence-corrected chi connectivity index (χ3v) is 6.19. The highest BCUT2D eigenvalue weighted by Crippen LogP contribution is 2.21. The highest BCUT2D eigenvalue weighted by molar-refractivity contribution is 8.03. The predicted octanol–water partition coefficient (Wildman–Crippen LogP) is 1.53. The van der Waals surface area contributed by atoms with E-state index in [-0.39, 0.29) is 10.8 Å². The van der Waals surface area contributed by atoms with Crippen molar-refractivity contribution >= 4 is 31.8 Å². The Morgan fingerprint density at radius 1 is 1.50 bits per heavy atom. The maximum absolute atomic E-state index is 12.6. The van der Waals surface area contributed by atoms with Crippen LogP contribution < -0.4 is 10.9 Å². The molecular weight excluding hydrogens is 268 g/mol. The molecule has 0 spiro atoms. The Balaban J connectivity index is 3.37. The monoisotopic (exact) mass is 288 g/mol. The summed E-state index contributed by atoms with van der Waals surface area (Å²) in [6, 6.07) is 1.80. The second-order valence-electron chi connectivity index (χ2n) is 4.61. The first kappa shape index (κ1) is 15.2. The van der Waals surface area contributed by atoms with Gasteiger partial charge in [0.05, 0.1) is 18.8 Å². The molecule has 0 aliphatic rings. The Labute approximate surface area is 113 Å². The fourth-order valence-electron chi connectivity index (χ4n) is 1.56. The molecule has 0 radical (unpaired) electrons. The lowest BCUT2D eigenvalue weighted by atomic mass is 10.1. The van der Waals surface area contributed by atoms with E-state index in [2.05, 4.69) is 0 Å². The lowest BCUT2D eigenvalue weighted by Crippen LogP contribution is -2.34. The number of hydrogen-bond acceptors (Lipinski definition) is 3. The summed E-state index contributed by atoms with van der Waals surface area (Å²) in [5.74, 6) is -0.481. The molecule has 1 aromatic heterocycles. The minimum Gasteiger partial charge on any atom is -0.365 e. The first-order valence-corrected chi connectivity index (χ1v) is 8.34. The molecule has 0 fully saturated rings. The van der Waals surface area contributed by atoms with Crippen LogP contribution in [0.25, 0.3) is 0 Å². The Morgan fingerprint density at radius 3 is 2.50 bits per heavy atom. The summed E-state index contributed by atoms with van der Waals surface area (Å²) in [4.78, 5) is 11.6. The number of aryl methyl sites for hydroxylation is 1. The van der Waals surface area contributed by atoms with E-state index in [0.29, 0.717) is 10.6 Å². The standard InChI is InChI=1S/C12H20N2O2S2/c1-4-9-6-11(17-7-9)18(14,16)10(12(13)15)5-8(2)3/h6-8H,4-5H2,1-3H3,(H2,13,15)(H2,14,16). The molecule has 0 saturated heterocycles.